The molecule has 1 aromatic carbocycles. The average Bonchev–Trinajstić information content (AvgIpc) is 3.09. The molecular formula is C16H12N2O5S. The molecule has 2 aromatic rings. The van der Waals surface area contributed by atoms with E-state index in [4.69, 9.17) is 4.42 Å². The molecule has 1 aliphatic rings. The molecule has 1 saturated heterocycles. The molecule has 8 heteroatoms. The van der Waals surface area contributed by atoms with Gasteiger partial charge in [-0.3, -0.25) is 24.6 Å². The number of aryl methyl sites for hydroxylation is 1. The van der Waals surface area contributed by atoms with E-state index in [1.165, 1.54) is 18.2 Å². The minimum Gasteiger partial charge on any atom is -0.401 e. The molecule has 0 spiro atoms. The Labute approximate surface area is 141 Å². The molecule has 122 valence electrons. The predicted molar refractivity (Wildman–Crippen MR) is 88.1 cm³/mol. The van der Waals surface area contributed by atoms with Crippen LogP contribution in [0, 0.1) is 17.0 Å². The third-order valence-electron chi connectivity index (χ3n) is 3.36. The Hall–Kier alpha value is -2.87. The lowest BCUT2D eigenvalue weighted by Crippen LogP contribution is -2.27. The highest BCUT2D eigenvalue weighted by atomic mass is 32.2. The van der Waals surface area contributed by atoms with E-state index in [0.29, 0.717) is 0 Å². The second-order valence-corrected chi connectivity index (χ2v) is 6.18. The van der Waals surface area contributed by atoms with Crippen LogP contribution in [-0.2, 0) is 11.3 Å². The van der Waals surface area contributed by atoms with Gasteiger partial charge in [0.2, 0.25) is 0 Å². The van der Waals surface area contributed by atoms with Crippen LogP contribution in [0.15, 0.2) is 45.7 Å². The highest BCUT2D eigenvalue weighted by Crippen LogP contribution is 2.34. The highest BCUT2D eigenvalue weighted by molar-refractivity contribution is 8.18. The molecule has 1 aromatic heterocycles. The topological polar surface area (TPSA) is 93.7 Å². The monoisotopic (exact) mass is 344 g/mol. The van der Waals surface area contributed by atoms with Crippen molar-refractivity contribution in [3.8, 4) is 0 Å². The second-order valence-electron chi connectivity index (χ2n) is 5.19. The van der Waals surface area contributed by atoms with Crippen LogP contribution >= 0.6 is 11.8 Å². The zero-order chi connectivity index (χ0) is 17.3. The van der Waals surface area contributed by atoms with Crippen LogP contribution < -0.4 is 0 Å². The van der Waals surface area contributed by atoms with E-state index in [0.717, 1.165) is 27.8 Å². The molecule has 2 heterocycles. The number of carbonyl (C=O) groups is 2. The van der Waals surface area contributed by atoms with Gasteiger partial charge in [-0.05, 0) is 30.3 Å². The zero-order valence-electron chi connectivity index (χ0n) is 12.6. The van der Waals surface area contributed by atoms with Gasteiger partial charge in [0.05, 0.1) is 17.5 Å². The van der Waals surface area contributed by atoms with E-state index in [2.05, 4.69) is 0 Å². The van der Waals surface area contributed by atoms with Gasteiger partial charge in [-0.2, -0.15) is 0 Å². The van der Waals surface area contributed by atoms with E-state index < -0.39 is 16.7 Å². The predicted octanol–water partition coefficient (Wildman–Crippen LogP) is 3.73. The summed E-state index contributed by atoms with van der Waals surface area (Å²) in [5.41, 5.74) is 1.89. The number of rotatable bonds is 4. The van der Waals surface area contributed by atoms with Gasteiger partial charge in [0.15, 0.2) is 0 Å². The lowest BCUT2D eigenvalue weighted by molar-refractivity contribution is -0.402. The van der Waals surface area contributed by atoms with Crippen LogP contribution in [0.4, 0.5) is 10.7 Å². The van der Waals surface area contributed by atoms with E-state index in [9.17, 15) is 19.7 Å². The van der Waals surface area contributed by atoms with Crippen molar-refractivity contribution in [2.24, 2.45) is 0 Å². The Balaban J connectivity index is 1.80. The van der Waals surface area contributed by atoms with Crippen LogP contribution in [0.3, 0.4) is 0 Å². The minimum atomic E-state index is -0.666. The van der Waals surface area contributed by atoms with Crippen molar-refractivity contribution in [3.63, 3.8) is 0 Å². The highest BCUT2D eigenvalue weighted by Gasteiger charge is 2.35. The van der Waals surface area contributed by atoms with Gasteiger partial charge < -0.3 is 4.42 Å². The maximum Gasteiger partial charge on any atom is 0.433 e. The Morgan fingerprint density at radius 2 is 2.08 bits per heavy atom. The number of nitro groups is 1. The number of benzene rings is 1. The van der Waals surface area contributed by atoms with Crippen LogP contribution in [0.5, 0.6) is 0 Å². The third kappa shape index (κ3) is 3.23. The summed E-state index contributed by atoms with van der Waals surface area (Å²) in [6.07, 6.45) is 1.34. The fraction of sp³-hybridized carbons (Fsp3) is 0.125. The van der Waals surface area contributed by atoms with Gasteiger partial charge >= 0.3 is 5.88 Å². The molecular weight excluding hydrogens is 332 g/mol. The van der Waals surface area contributed by atoms with Crippen LogP contribution in [-0.4, -0.2) is 21.0 Å². The Bertz CT molecular complexity index is 871. The first-order chi connectivity index (χ1) is 11.4. The lowest BCUT2D eigenvalue weighted by atomic mass is 10.1. The maximum absolute atomic E-state index is 12.4. The van der Waals surface area contributed by atoms with E-state index >= 15 is 0 Å². The molecule has 0 radical (unpaired) electrons. The number of nitrogens with zero attached hydrogens (tertiary/aromatic N) is 2. The normalized spacial score (nSPS) is 16.2. The summed E-state index contributed by atoms with van der Waals surface area (Å²) < 4.78 is 4.99. The molecule has 0 aliphatic carbocycles. The second kappa shape index (κ2) is 6.32. The van der Waals surface area contributed by atoms with Crippen molar-refractivity contribution in [1.82, 2.24) is 4.90 Å². The number of imide groups is 1. The Morgan fingerprint density at radius 3 is 2.75 bits per heavy atom. The molecule has 2 amide bonds. The fourth-order valence-corrected chi connectivity index (χ4v) is 3.09. The van der Waals surface area contributed by atoms with E-state index in [1.54, 1.807) is 0 Å². The average molecular weight is 344 g/mol. The van der Waals surface area contributed by atoms with Gasteiger partial charge in [-0.25, -0.2) is 0 Å². The van der Waals surface area contributed by atoms with Crippen molar-refractivity contribution < 1.29 is 18.9 Å². The molecule has 0 saturated carbocycles. The van der Waals surface area contributed by atoms with Gasteiger partial charge in [0, 0.05) is 6.08 Å². The van der Waals surface area contributed by atoms with Crippen LogP contribution in [0.2, 0.25) is 0 Å². The third-order valence-corrected chi connectivity index (χ3v) is 4.27. The quantitative estimate of drug-likeness (QED) is 0.476. The van der Waals surface area contributed by atoms with Crippen LogP contribution in [0.1, 0.15) is 16.9 Å². The summed E-state index contributed by atoms with van der Waals surface area (Å²) in [7, 11) is 0. The molecule has 0 atom stereocenters. The standard InChI is InChI=1S/C16H12N2O5S/c1-10-3-2-4-11(7-10)9-17-15(19)13(24-16(17)20)8-12-5-6-14(23-12)18(21)22/h2-8H,9H2,1H3/b13-8-. The summed E-state index contributed by atoms with van der Waals surface area (Å²) >= 11 is 0.786. The summed E-state index contributed by atoms with van der Waals surface area (Å²) in [5, 5.41) is 10.2. The summed E-state index contributed by atoms with van der Waals surface area (Å²) in [4.78, 5) is 35.7. The first kappa shape index (κ1) is 16.0. The largest absolute Gasteiger partial charge is 0.433 e. The fourth-order valence-electron chi connectivity index (χ4n) is 2.28. The molecule has 3 rings (SSSR count). The van der Waals surface area contributed by atoms with E-state index in [1.807, 2.05) is 31.2 Å². The Kier molecular flexibility index (Phi) is 4.22. The summed E-state index contributed by atoms with van der Waals surface area (Å²) in [6, 6.07) is 10.1. The number of furan rings is 1. The first-order valence-electron chi connectivity index (χ1n) is 6.99. The minimum absolute atomic E-state index is 0.155. The van der Waals surface area contributed by atoms with Crippen molar-refractivity contribution in [3.05, 3.63) is 68.3 Å². The SMILES string of the molecule is Cc1cccc(CN2C(=O)S/C(=C\c3ccc([N+](=O)[O-])o3)C2=O)c1. The van der Waals surface area contributed by atoms with Crippen molar-refractivity contribution in [2.45, 2.75) is 13.5 Å². The van der Waals surface area contributed by atoms with Crippen molar-refractivity contribution >= 4 is 34.9 Å². The molecule has 7 nitrogen and oxygen atoms in total. The van der Waals surface area contributed by atoms with Gasteiger partial charge in [0.25, 0.3) is 11.1 Å². The number of thioether (sulfide) groups is 1. The number of hydrogen-bond acceptors (Lipinski definition) is 6. The molecule has 0 unspecified atom stereocenters. The summed E-state index contributed by atoms with van der Waals surface area (Å²) in [5.74, 6) is -0.700. The molecule has 1 fully saturated rings. The number of amides is 2. The smallest absolute Gasteiger partial charge is 0.401 e. The number of hydrogen-bond donors (Lipinski definition) is 0. The van der Waals surface area contributed by atoms with Gasteiger partial charge in [-0.15, -0.1) is 0 Å². The van der Waals surface area contributed by atoms with Crippen LogP contribution in [0.25, 0.3) is 6.08 Å². The maximum atomic E-state index is 12.4. The number of carbonyl (C=O) groups excluding carboxylic acids is 2. The van der Waals surface area contributed by atoms with E-state index in [-0.39, 0.29) is 22.4 Å². The molecule has 0 bridgehead atoms. The molecule has 1 aliphatic heterocycles. The zero-order valence-corrected chi connectivity index (χ0v) is 13.4. The van der Waals surface area contributed by atoms with Gasteiger partial charge in [0.1, 0.15) is 10.7 Å². The molecule has 0 N–H and O–H groups in total. The van der Waals surface area contributed by atoms with Crippen molar-refractivity contribution in [2.75, 3.05) is 0 Å². The van der Waals surface area contributed by atoms with Crippen molar-refractivity contribution in [1.29, 1.82) is 0 Å². The Morgan fingerprint density at radius 1 is 1.29 bits per heavy atom. The lowest BCUT2D eigenvalue weighted by Gasteiger charge is -2.12. The first-order valence-corrected chi connectivity index (χ1v) is 7.81. The molecule has 24 heavy (non-hydrogen) atoms. The summed E-state index contributed by atoms with van der Waals surface area (Å²) in [6.45, 7) is 2.11. The van der Waals surface area contributed by atoms with Gasteiger partial charge in [-0.1, -0.05) is 29.8 Å².